The Balaban J connectivity index is 1.50. The van der Waals surface area contributed by atoms with Crippen LogP contribution in [0.4, 0.5) is 0 Å². The van der Waals surface area contributed by atoms with Crippen LogP contribution in [0.5, 0.6) is 0 Å². The van der Waals surface area contributed by atoms with Crippen LogP contribution in [0.2, 0.25) is 0 Å². The largest absolute Gasteiger partial charge is 0.465 e. The lowest BCUT2D eigenvalue weighted by atomic mass is 10.2. The Hall–Kier alpha value is -2.06. The molecule has 26 heavy (non-hydrogen) atoms. The minimum Gasteiger partial charge on any atom is -0.465 e. The molecule has 8 heteroatoms. The van der Waals surface area contributed by atoms with Crippen molar-refractivity contribution < 1.29 is 13.9 Å². The van der Waals surface area contributed by atoms with E-state index in [1.54, 1.807) is 36.1 Å². The van der Waals surface area contributed by atoms with Gasteiger partial charge in [0.2, 0.25) is 0 Å². The summed E-state index contributed by atoms with van der Waals surface area (Å²) in [5.74, 6) is 2.56. The van der Waals surface area contributed by atoms with E-state index < -0.39 is 0 Å². The van der Waals surface area contributed by atoms with Crippen LogP contribution in [0.1, 0.15) is 51.5 Å². The van der Waals surface area contributed by atoms with Crippen molar-refractivity contribution in [2.75, 3.05) is 7.11 Å². The molecule has 3 aromatic rings. The average molecular weight is 390 g/mol. The van der Waals surface area contributed by atoms with Crippen LogP contribution in [0, 0.1) is 6.92 Å². The number of esters is 1. The second kappa shape index (κ2) is 7.28. The van der Waals surface area contributed by atoms with E-state index in [9.17, 15) is 4.79 Å². The van der Waals surface area contributed by atoms with Gasteiger partial charge >= 0.3 is 5.97 Å². The molecule has 1 aliphatic rings. The number of thioether (sulfide) groups is 1. The third-order valence-electron chi connectivity index (χ3n) is 4.28. The molecule has 6 nitrogen and oxygen atoms in total. The first-order valence-corrected chi connectivity index (χ1v) is 10.3. The lowest BCUT2D eigenvalue weighted by Gasteiger charge is -2.07. The second-order valence-electron chi connectivity index (χ2n) is 6.22. The Morgan fingerprint density at radius 2 is 2.31 bits per heavy atom. The van der Waals surface area contributed by atoms with Gasteiger partial charge in [-0.15, -0.1) is 21.5 Å². The molecule has 0 bridgehead atoms. The molecule has 136 valence electrons. The molecule has 0 amide bonds. The maximum atomic E-state index is 11.7. The number of furan rings is 1. The second-order valence-corrected chi connectivity index (χ2v) is 8.19. The summed E-state index contributed by atoms with van der Waals surface area (Å²) >= 11 is 3.33. The summed E-state index contributed by atoms with van der Waals surface area (Å²) in [7, 11) is 1.37. The summed E-state index contributed by atoms with van der Waals surface area (Å²) in [6.45, 7) is 1.77. The first kappa shape index (κ1) is 17.4. The fraction of sp³-hybridized carbons (Fsp3) is 0.389. The summed E-state index contributed by atoms with van der Waals surface area (Å²) < 4.78 is 12.7. The van der Waals surface area contributed by atoms with Crippen LogP contribution in [0.25, 0.3) is 0 Å². The zero-order valence-corrected chi connectivity index (χ0v) is 16.2. The van der Waals surface area contributed by atoms with Gasteiger partial charge in [-0.2, -0.15) is 0 Å². The van der Waals surface area contributed by atoms with Crippen LogP contribution in [-0.4, -0.2) is 27.8 Å². The van der Waals surface area contributed by atoms with Gasteiger partial charge in [0.15, 0.2) is 5.16 Å². The van der Waals surface area contributed by atoms with E-state index in [2.05, 4.69) is 32.3 Å². The first-order valence-electron chi connectivity index (χ1n) is 8.42. The number of carbonyl (C=O) groups excluding carboxylic acids is 1. The quantitative estimate of drug-likeness (QED) is 0.444. The molecular weight excluding hydrogens is 370 g/mol. The van der Waals surface area contributed by atoms with Crippen molar-refractivity contribution in [3.05, 3.63) is 51.4 Å². The normalized spacial score (nSPS) is 13.9. The van der Waals surface area contributed by atoms with Gasteiger partial charge in [0.1, 0.15) is 22.9 Å². The predicted molar refractivity (Wildman–Crippen MR) is 99.8 cm³/mol. The monoisotopic (exact) mass is 389 g/mol. The number of methoxy groups -OCH3 is 1. The van der Waals surface area contributed by atoms with Crippen molar-refractivity contribution in [1.29, 1.82) is 0 Å². The highest BCUT2D eigenvalue weighted by atomic mass is 32.2. The third kappa shape index (κ3) is 3.57. The van der Waals surface area contributed by atoms with Crippen molar-refractivity contribution in [1.82, 2.24) is 14.8 Å². The Morgan fingerprint density at radius 3 is 3.00 bits per heavy atom. The number of carbonyl (C=O) groups is 1. The van der Waals surface area contributed by atoms with E-state index in [0.29, 0.717) is 23.1 Å². The van der Waals surface area contributed by atoms with Crippen LogP contribution in [0.3, 0.4) is 0 Å². The summed E-state index contributed by atoms with van der Waals surface area (Å²) in [6.07, 6.45) is 3.17. The Kier molecular flexibility index (Phi) is 4.86. The first-order chi connectivity index (χ1) is 12.7. The maximum Gasteiger partial charge on any atom is 0.341 e. The van der Waals surface area contributed by atoms with Crippen molar-refractivity contribution in [3.8, 4) is 0 Å². The smallest absolute Gasteiger partial charge is 0.341 e. The summed E-state index contributed by atoms with van der Waals surface area (Å²) in [5, 5.41) is 11.8. The minimum atomic E-state index is -0.373. The molecular formula is C18H19N3O3S2. The SMILES string of the molecule is COC(=O)c1cc(CSc2nnc(Cc3cccs3)n2C2CC2)oc1C. The van der Waals surface area contributed by atoms with Gasteiger partial charge in [0.05, 0.1) is 12.9 Å². The van der Waals surface area contributed by atoms with Gasteiger partial charge in [-0.3, -0.25) is 0 Å². The van der Waals surface area contributed by atoms with Crippen molar-refractivity contribution in [2.24, 2.45) is 0 Å². The number of ether oxygens (including phenoxy) is 1. The Bertz CT molecular complexity index is 910. The van der Waals surface area contributed by atoms with Crippen LogP contribution in [-0.2, 0) is 16.9 Å². The number of thiophene rings is 1. The highest BCUT2D eigenvalue weighted by Crippen LogP contribution is 2.40. The standard InChI is InChI=1S/C18H19N3O3S2/c1-11-15(17(22)23-2)8-13(24-11)10-26-18-20-19-16(21(18)12-5-6-12)9-14-4-3-7-25-14/h3-4,7-8,12H,5-6,9-10H2,1-2H3. The molecule has 0 aliphatic heterocycles. The molecule has 0 N–H and O–H groups in total. The van der Waals surface area contributed by atoms with Gasteiger partial charge in [-0.05, 0) is 37.3 Å². The predicted octanol–water partition coefficient (Wildman–Crippen LogP) is 4.25. The zero-order valence-electron chi connectivity index (χ0n) is 14.6. The van der Waals surface area contributed by atoms with Crippen LogP contribution >= 0.6 is 23.1 Å². The van der Waals surface area contributed by atoms with Crippen molar-refractivity contribution >= 4 is 29.1 Å². The number of aryl methyl sites for hydroxylation is 1. The van der Waals surface area contributed by atoms with Gasteiger partial charge in [0.25, 0.3) is 0 Å². The Morgan fingerprint density at radius 1 is 1.46 bits per heavy atom. The number of rotatable bonds is 7. The third-order valence-corrected chi connectivity index (χ3v) is 6.12. The van der Waals surface area contributed by atoms with Crippen LogP contribution in [0.15, 0.2) is 33.2 Å². The van der Waals surface area contributed by atoms with E-state index in [1.165, 1.54) is 24.8 Å². The minimum absolute atomic E-state index is 0.373. The topological polar surface area (TPSA) is 70.2 Å². The number of hydrogen-bond donors (Lipinski definition) is 0. The van der Waals surface area contributed by atoms with Crippen LogP contribution < -0.4 is 0 Å². The fourth-order valence-electron chi connectivity index (χ4n) is 2.86. The highest BCUT2D eigenvalue weighted by molar-refractivity contribution is 7.98. The van der Waals surface area contributed by atoms with E-state index in [4.69, 9.17) is 9.15 Å². The van der Waals surface area contributed by atoms with Crippen molar-refractivity contribution in [2.45, 2.75) is 43.1 Å². The van der Waals surface area contributed by atoms with Gasteiger partial charge in [0, 0.05) is 17.3 Å². The van der Waals surface area contributed by atoms with Gasteiger partial charge in [-0.25, -0.2) is 4.79 Å². The van der Waals surface area contributed by atoms with Gasteiger partial charge < -0.3 is 13.7 Å². The lowest BCUT2D eigenvalue weighted by Crippen LogP contribution is -2.03. The molecule has 1 saturated carbocycles. The van der Waals surface area contributed by atoms with E-state index in [1.807, 2.05) is 0 Å². The number of hydrogen-bond acceptors (Lipinski definition) is 7. The summed E-state index contributed by atoms with van der Waals surface area (Å²) in [4.78, 5) is 13.0. The molecule has 1 fully saturated rings. The maximum absolute atomic E-state index is 11.7. The molecule has 0 saturated heterocycles. The highest BCUT2D eigenvalue weighted by Gasteiger charge is 2.30. The number of aromatic nitrogens is 3. The van der Waals surface area contributed by atoms with Gasteiger partial charge in [-0.1, -0.05) is 17.8 Å². The number of nitrogens with zero attached hydrogens (tertiary/aromatic N) is 3. The lowest BCUT2D eigenvalue weighted by molar-refractivity contribution is 0.0599. The molecule has 0 radical (unpaired) electrons. The van der Waals surface area contributed by atoms with E-state index in [-0.39, 0.29) is 5.97 Å². The molecule has 3 heterocycles. The van der Waals surface area contributed by atoms with E-state index >= 15 is 0 Å². The summed E-state index contributed by atoms with van der Waals surface area (Å²) in [5.41, 5.74) is 0.477. The molecule has 0 spiro atoms. The Labute approximate surface area is 159 Å². The van der Waals surface area contributed by atoms with E-state index in [0.717, 1.165) is 23.2 Å². The van der Waals surface area contributed by atoms with Crippen molar-refractivity contribution in [3.63, 3.8) is 0 Å². The molecule has 0 unspecified atom stereocenters. The molecule has 4 rings (SSSR count). The summed E-state index contributed by atoms with van der Waals surface area (Å²) in [6, 6.07) is 6.44. The molecule has 0 aromatic carbocycles. The molecule has 1 aliphatic carbocycles. The fourth-order valence-corrected chi connectivity index (χ4v) is 4.47. The average Bonchev–Trinajstić information content (AvgIpc) is 3.04. The molecule has 0 atom stereocenters. The zero-order chi connectivity index (χ0) is 18.1. The molecule has 3 aromatic heterocycles.